The summed E-state index contributed by atoms with van der Waals surface area (Å²) in [6.45, 7) is 2.81. The third kappa shape index (κ3) is 2.33. The molecule has 8 heteroatoms. The Labute approximate surface area is 150 Å². The molecular formula is C18H19N7O. The van der Waals surface area contributed by atoms with E-state index >= 15 is 0 Å². The van der Waals surface area contributed by atoms with E-state index in [2.05, 4.69) is 30.5 Å². The van der Waals surface area contributed by atoms with Crippen LogP contribution in [-0.4, -0.2) is 36.0 Å². The second kappa shape index (κ2) is 5.76. The van der Waals surface area contributed by atoms with E-state index in [-0.39, 0.29) is 5.60 Å². The summed E-state index contributed by atoms with van der Waals surface area (Å²) in [7, 11) is 0. The molecule has 0 aromatic carbocycles. The van der Waals surface area contributed by atoms with Crippen LogP contribution in [0.15, 0.2) is 36.1 Å². The molecule has 26 heavy (non-hydrogen) atoms. The zero-order valence-corrected chi connectivity index (χ0v) is 14.5. The number of nitrogens with zero attached hydrogens (tertiary/aromatic N) is 6. The topological polar surface area (TPSA) is 90.1 Å². The maximum atomic E-state index is 5.77. The first-order valence-electron chi connectivity index (χ1n) is 8.91. The number of pyridine rings is 1. The summed E-state index contributed by atoms with van der Waals surface area (Å²) in [4.78, 5) is 18.9. The third-order valence-corrected chi connectivity index (χ3v) is 5.20. The van der Waals surface area contributed by atoms with Gasteiger partial charge < -0.3 is 10.2 Å². The van der Waals surface area contributed by atoms with Crippen molar-refractivity contribution in [3.05, 3.63) is 36.5 Å². The first-order chi connectivity index (χ1) is 12.8. The SMILES string of the molecule is CCn1ncc2c(Nc3cnccn3)c(C3=NOC4(CCC4)C3)cnc21. The predicted molar refractivity (Wildman–Crippen MR) is 97.3 cm³/mol. The van der Waals surface area contributed by atoms with Gasteiger partial charge in [-0.15, -0.1) is 0 Å². The molecule has 0 radical (unpaired) electrons. The van der Waals surface area contributed by atoms with Gasteiger partial charge in [0.1, 0.15) is 11.4 Å². The fourth-order valence-corrected chi connectivity index (χ4v) is 3.61. The summed E-state index contributed by atoms with van der Waals surface area (Å²) in [5, 5.41) is 13.2. The molecule has 0 saturated heterocycles. The fourth-order valence-electron chi connectivity index (χ4n) is 3.61. The molecule has 0 atom stereocenters. The van der Waals surface area contributed by atoms with Gasteiger partial charge in [-0.1, -0.05) is 5.16 Å². The van der Waals surface area contributed by atoms with Crippen molar-refractivity contribution >= 4 is 28.3 Å². The van der Waals surface area contributed by atoms with E-state index in [0.717, 1.165) is 53.8 Å². The van der Waals surface area contributed by atoms with E-state index in [1.165, 1.54) is 6.42 Å². The minimum Gasteiger partial charge on any atom is -0.389 e. The molecule has 0 amide bonds. The lowest BCUT2D eigenvalue weighted by molar-refractivity contribution is -0.0755. The minimum atomic E-state index is -0.0955. The van der Waals surface area contributed by atoms with Crippen LogP contribution in [0.4, 0.5) is 11.5 Å². The Morgan fingerprint density at radius 2 is 2.12 bits per heavy atom. The van der Waals surface area contributed by atoms with Gasteiger partial charge in [-0.2, -0.15) is 5.10 Å². The second-order valence-corrected chi connectivity index (χ2v) is 6.80. The lowest BCUT2D eigenvalue weighted by Crippen LogP contribution is -2.37. The molecule has 3 aromatic rings. The number of hydrogen-bond acceptors (Lipinski definition) is 7. The van der Waals surface area contributed by atoms with Gasteiger partial charge in [-0.3, -0.25) is 4.98 Å². The molecule has 8 nitrogen and oxygen atoms in total. The zero-order valence-electron chi connectivity index (χ0n) is 14.5. The highest BCUT2D eigenvalue weighted by Crippen LogP contribution is 2.44. The van der Waals surface area contributed by atoms with Crippen molar-refractivity contribution in [3.8, 4) is 0 Å². The van der Waals surface area contributed by atoms with Crippen molar-refractivity contribution in [3.63, 3.8) is 0 Å². The third-order valence-electron chi connectivity index (χ3n) is 5.20. The molecule has 3 aromatic heterocycles. The molecule has 1 fully saturated rings. The summed E-state index contributed by atoms with van der Waals surface area (Å²) < 4.78 is 1.88. The maximum Gasteiger partial charge on any atom is 0.159 e. The highest BCUT2D eigenvalue weighted by molar-refractivity contribution is 6.11. The molecular weight excluding hydrogens is 330 g/mol. The lowest BCUT2D eigenvalue weighted by Gasteiger charge is -2.34. The van der Waals surface area contributed by atoms with Crippen LogP contribution in [-0.2, 0) is 11.4 Å². The van der Waals surface area contributed by atoms with Crippen LogP contribution in [0.25, 0.3) is 11.0 Å². The van der Waals surface area contributed by atoms with Gasteiger partial charge in [0, 0.05) is 37.1 Å². The zero-order chi connectivity index (χ0) is 17.6. The van der Waals surface area contributed by atoms with Crippen LogP contribution in [0.1, 0.15) is 38.2 Å². The quantitative estimate of drug-likeness (QED) is 0.778. The van der Waals surface area contributed by atoms with E-state index in [4.69, 9.17) is 4.84 Å². The number of hydrogen-bond donors (Lipinski definition) is 1. The van der Waals surface area contributed by atoms with Crippen LogP contribution in [0.5, 0.6) is 0 Å². The predicted octanol–water partition coefficient (Wildman–Crippen LogP) is 3.03. The smallest absolute Gasteiger partial charge is 0.159 e. The van der Waals surface area contributed by atoms with Crippen LogP contribution >= 0.6 is 0 Å². The second-order valence-electron chi connectivity index (χ2n) is 6.80. The van der Waals surface area contributed by atoms with E-state index in [1.54, 1.807) is 18.6 Å². The van der Waals surface area contributed by atoms with Crippen LogP contribution in [0.2, 0.25) is 0 Å². The Morgan fingerprint density at radius 1 is 1.19 bits per heavy atom. The number of oxime groups is 1. The molecule has 0 unspecified atom stereocenters. The summed E-state index contributed by atoms with van der Waals surface area (Å²) in [6, 6.07) is 0. The summed E-state index contributed by atoms with van der Waals surface area (Å²) in [6.07, 6.45) is 12.9. The average molecular weight is 349 g/mol. The first kappa shape index (κ1) is 15.2. The summed E-state index contributed by atoms with van der Waals surface area (Å²) in [5.74, 6) is 0.670. The van der Waals surface area contributed by atoms with Crippen LogP contribution in [0, 0.1) is 0 Å². The van der Waals surface area contributed by atoms with Gasteiger partial charge in [0.15, 0.2) is 5.65 Å². The molecule has 1 aliphatic carbocycles. The van der Waals surface area contributed by atoms with E-state index < -0.39 is 0 Å². The van der Waals surface area contributed by atoms with E-state index in [9.17, 15) is 0 Å². The molecule has 1 aliphatic heterocycles. The van der Waals surface area contributed by atoms with Crippen molar-refractivity contribution in [2.45, 2.75) is 44.8 Å². The molecule has 5 rings (SSSR count). The minimum absolute atomic E-state index is 0.0955. The van der Waals surface area contributed by atoms with Crippen LogP contribution < -0.4 is 5.32 Å². The Hall–Kier alpha value is -3.03. The van der Waals surface area contributed by atoms with Gasteiger partial charge in [-0.05, 0) is 26.2 Å². The lowest BCUT2D eigenvalue weighted by atomic mass is 9.76. The normalized spacial score (nSPS) is 17.8. The van der Waals surface area contributed by atoms with Gasteiger partial charge in [0.05, 0.1) is 29.2 Å². The van der Waals surface area contributed by atoms with Crippen molar-refractivity contribution < 1.29 is 4.84 Å². The van der Waals surface area contributed by atoms with Crippen molar-refractivity contribution in [1.29, 1.82) is 0 Å². The van der Waals surface area contributed by atoms with E-state index in [1.807, 2.05) is 24.0 Å². The van der Waals surface area contributed by atoms with Crippen molar-refractivity contribution in [2.75, 3.05) is 5.32 Å². The Morgan fingerprint density at radius 3 is 2.81 bits per heavy atom. The number of nitrogens with one attached hydrogen (secondary N) is 1. The van der Waals surface area contributed by atoms with E-state index in [0.29, 0.717) is 5.82 Å². The Balaban J connectivity index is 1.61. The van der Waals surface area contributed by atoms with Crippen LogP contribution in [0.3, 0.4) is 0 Å². The summed E-state index contributed by atoms with van der Waals surface area (Å²) >= 11 is 0. The molecule has 1 spiro atoms. The van der Waals surface area contributed by atoms with Crippen molar-refractivity contribution in [1.82, 2.24) is 24.7 Å². The Kier molecular flexibility index (Phi) is 3.37. The molecule has 4 heterocycles. The van der Waals surface area contributed by atoms with Gasteiger partial charge >= 0.3 is 0 Å². The number of fused-ring (bicyclic) bond motifs is 1. The van der Waals surface area contributed by atoms with Gasteiger partial charge in [0.25, 0.3) is 0 Å². The number of aromatic nitrogens is 5. The number of rotatable bonds is 4. The van der Waals surface area contributed by atoms with Crippen molar-refractivity contribution in [2.24, 2.45) is 5.16 Å². The highest BCUT2D eigenvalue weighted by atomic mass is 16.7. The first-order valence-corrected chi connectivity index (χ1v) is 8.91. The molecule has 0 bridgehead atoms. The molecule has 2 aliphatic rings. The summed E-state index contributed by atoms with van der Waals surface area (Å²) in [5.41, 5.74) is 3.49. The average Bonchev–Trinajstić information content (AvgIpc) is 3.27. The highest BCUT2D eigenvalue weighted by Gasteiger charge is 2.45. The largest absolute Gasteiger partial charge is 0.389 e. The van der Waals surface area contributed by atoms with Gasteiger partial charge in [0.2, 0.25) is 0 Å². The molecule has 1 N–H and O–H groups in total. The Bertz CT molecular complexity index is 991. The molecule has 132 valence electrons. The number of anilines is 2. The monoisotopic (exact) mass is 349 g/mol. The standard InChI is InChI=1S/C18H19N7O/c1-2-25-17-13(10-22-25)16(23-15-11-19-6-7-20-15)12(9-21-17)14-8-18(26-24-14)4-3-5-18/h6-7,9-11H,2-5,8H2,1H3,(H,20,21,23). The fraction of sp³-hybridized carbons (Fsp3) is 0.389. The number of aryl methyl sites for hydroxylation is 1. The molecule has 1 saturated carbocycles. The maximum absolute atomic E-state index is 5.77. The van der Waals surface area contributed by atoms with Gasteiger partial charge in [-0.25, -0.2) is 14.6 Å².